The molecule has 0 atom stereocenters. The summed E-state index contributed by atoms with van der Waals surface area (Å²) in [7, 11) is 1.71. The van der Waals surface area contributed by atoms with Gasteiger partial charge in [-0.25, -0.2) is 0 Å². The van der Waals surface area contributed by atoms with Gasteiger partial charge in [0.15, 0.2) is 0 Å². The largest absolute Gasteiger partial charge is 0.497 e. The van der Waals surface area contributed by atoms with Gasteiger partial charge in [0, 0.05) is 12.3 Å². The third-order valence-corrected chi connectivity index (χ3v) is 7.45. The fourth-order valence-corrected chi connectivity index (χ4v) is 5.32. The summed E-state index contributed by atoms with van der Waals surface area (Å²) in [5, 5.41) is 3.57. The van der Waals surface area contributed by atoms with Crippen LogP contribution in [0.4, 0.5) is 0 Å². The molecule has 1 N–H and O–H groups in total. The molecule has 0 spiro atoms. The van der Waals surface area contributed by atoms with Crippen molar-refractivity contribution in [3.63, 3.8) is 0 Å². The van der Waals surface area contributed by atoms with Crippen LogP contribution in [0.15, 0.2) is 48.5 Å². The van der Waals surface area contributed by atoms with Gasteiger partial charge in [0.05, 0.1) is 13.7 Å². The second kappa shape index (κ2) is 16.9. The molecule has 1 heterocycles. The van der Waals surface area contributed by atoms with E-state index in [2.05, 4.69) is 46.6 Å². The number of piperidine rings is 1. The van der Waals surface area contributed by atoms with E-state index in [0.29, 0.717) is 0 Å². The van der Waals surface area contributed by atoms with E-state index in [4.69, 9.17) is 9.47 Å². The third-order valence-electron chi connectivity index (χ3n) is 6.34. The van der Waals surface area contributed by atoms with Crippen LogP contribution in [0.2, 0.25) is 0 Å². The molecule has 1 aliphatic rings. The highest BCUT2D eigenvalue weighted by atomic mass is 32.2. The van der Waals surface area contributed by atoms with Crippen molar-refractivity contribution in [1.29, 1.82) is 0 Å². The summed E-state index contributed by atoms with van der Waals surface area (Å²) in [6, 6.07) is 17.1. The molecule has 4 nitrogen and oxygen atoms in total. The summed E-state index contributed by atoms with van der Waals surface area (Å²) in [5.74, 6) is 4.29. The maximum atomic E-state index is 5.99. The van der Waals surface area contributed by atoms with Gasteiger partial charge in [-0.05, 0) is 99.4 Å². The number of thioether (sulfide) groups is 1. The Bertz CT molecular complexity index is 778. The Hall–Kier alpha value is -1.69. The van der Waals surface area contributed by atoms with Crippen LogP contribution in [0.5, 0.6) is 11.5 Å². The molecule has 1 fully saturated rings. The molecule has 0 bridgehead atoms. The van der Waals surface area contributed by atoms with Gasteiger partial charge >= 0.3 is 0 Å². The number of unbranched alkanes of at least 4 members (excludes halogenated alkanes) is 3. The molecular formula is C29H44N2O2S. The van der Waals surface area contributed by atoms with Crippen molar-refractivity contribution >= 4 is 11.8 Å². The zero-order valence-electron chi connectivity index (χ0n) is 21.1. The lowest BCUT2D eigenvalue weighted by molar-refractivity contribution is 0.220. The Labute approximate surface area is 211 Å². The average Bonchev–Trinajstić information content (AvgIpc) is 2.88. The van der Waals surface area contributed by atoms with Gasteiger partial charge in [-0.15, -0.1) is 0 Å². The summed E-state index contributed by atoms with van der Waals surface area (Å²) < 4.78 is 11.2. The molecule has 34 heavy (non-hydrogen) atoms. The van der Waals surface area contributed by atoms with Crippen molar-refractivity contribution in [3.05, 3.63) is 59.7 Å². The van der Waals surface area contributed by atoms with Gasteiger partial charge in [-0.1, -0.05) is 43.5 Å². The van der Waals surface area contributed by atoms with Crippen molar-refractivity contribution in [2.75, 3.05) is 45.6 Å². The van der Waals surface area contributed by atoms with Crippen molar-refractivity contribution in [1.82, 2.24) is 10.2 Å². The average molecular weight is 485 g/mol. The molecule has 0 saturated carbocycles. The number of rotatable bonds is 17. The zero-order valence-corrected chi connectivity index (χ0v) is 21.9. The number of nitrogens with one attached hydrogen (secondary N) is 1. The van der Waals surface area contributed by atoms with E-state index in [9.17, 15) is 0 Å². The Kier molecular flexibility index (Phi) is 13.3. The Morgan fingerprint density at radius 2 is 1.62 bits per heavy atom. The standard InChI is InChI=1S/C29H44N2O2S/c1-32-28-15-13-26(14-16-28)25-34-22-8-3-2-5-17-30-18-10-21-33-29-12-9-11-27(23-29)24-31-19-6-4-7-20-31/h9,11-16,23,30H,2-8,10,17-22,24-25H2,1H3. The highest BCUT2D eigenvalue weighted by molar-refractivity contribution is 7.98. The normalized spacial score (nSPS) is 14.3. The van der Waals surface area contributed by atoms with Gasteiger partial charge in [-0.2, -0.15) is 11.8 Å². The molecule has 0 amide bonds. The molecule has 0 unspecified atom stereocenters. The molecule has 2 aromatic carbocycles. The quantitative estimate of drug-likeness (QED) is 0.258. The SMILES string of the molecule is COc1ccc(CSCCCCCCNCCCOc2cccc(CN3CCCCC3)c2)cc1. The molecule has 2 aromatic rings. The molecule has 0 aliphatic carbocycles. The van der Waals surface area contributed by atoms with Crippen molar-refractivity contribution in [2.24, 2.45) is 0 Å². The number of hydrogen-bond acceptors (Lipinski definition) is 5. The first-order valence-electron chi connectivity index (χ1n) is 13.2. The number of nitrogens with zero attached hydrogens (tertiary/aromatic N) is 1. The predicted octanol–water partition coefficient (Wildman–Crippen LogP) is 6.53. The molecule has 3 rings (SSSR count). The lowest BCUT2D eigenvalue weighted by atomic mass is 10.1. The second-order valence-corrected chi connectivity index (χ2v) is 10.4. The lowest BCUT2D eigenvalue weighted by Crippen LogP contribution is -2.29. The highest BCUT2D eigenvalue weighted by Crippen LogP contribution is 2.19. The number of likely N-dealkylation sites (tertiary alicyclic amines) is 1. The molecular weight excluding hydrogens is 440 g/mol. The fourth-order valence-electron chi connectivity index (χ4n) is 4.34. The molecule has 1 aliphatic heterocycles. The van der Waals surface area contributed by atoms with Crippen molar-refractivity contribution in [3.8, 4) is 11.5 Å². The predicted molar refractivity (Wildman–Crippen MR) is 146 cm³/mol. The van der Waals surface area contributed by atoms with E-state index in [-0.39, 0.29) is 0 Å². The van der Waals surface area contributed by atoms with Crippen LogP contribution >= 0.6 is 11.8 Å². The molecule has 0 radical (unpaired) electrons. The van der Waals surface area contributed by atoms with Gasteiger partial charge in [0.2, 0.25) is 0 Å². The molecule has 5 heteroatoms. The fraction of sp³-hybridized carbons (Fsp3) is 0.586. The summed E-state index contributed by atoms with van der Waals surface area (Å²) in [6.07, 6.45) is 10.3. The Morgan fingerprint density at radius 3 is 2.44 bits per heavy atom. The number of methoxy groups -OCH3 is 1. The van der Waals surface area contributed by atoms with Crippen LogP contribution < -0.4 is 14.8 Å². The first kappa shape index (κ1) is 26.9. The summed E-state index contributed by atoms with van der Waals surface area (Å²) in [6.45, 7) is 6.46. The van der Waals surface area contributed by atoms with Crippen LogP contribution in [0.1, 0.15) is 62.5 Å². The second-order valence-electron chi connectivity index (χ2n) is 9.25. The Balaban J connectivity index is 1.11. The van der Waals surface area contributed by atoms with Crippen LogP contribution in [-0.4, -0.2) is 50.5 Å². The number of hydrogen-bond donors (Lipinski definition) is 1. The zero-order chi connectivity index (χ0) is 23.7. The third kappa shape index (κ3) is 11.2. The van der Waals surface area contributed by atoms with E-state index >= 15 is 0 Å². The van der Waals surface area contributed by atoms with Gasteiger partial charge in [0.25, 0.3) is 0 Å². The van der Waals surface area contributed by atoms with Crippen molar-refractivity contribution < 1.29 is 9.47 Å². The van der Waals surface area contributed by atoms with E-state index in [1.807, 2.05) is 23.9 Å². The summed E-state index contributed by atoms with van der Waals surface area (Å²) in [5.41, 5.74) is 2.75. The first-order chi connectivity index (χ1) is 16.8. The minimum atomic E-state index is 0.783. The van der Waals surface area contributed by atoms with Crippen LogP contribution in [0.25, 0.3) is 0 Å². The minimum absolute atomic E-state index is 0.783. The molecule has 1 saturated heterocycles. The first-order valence-corrected chi connectivity index (χ1v) is 14.3. The highest BCUT2D eigenvalue weighted by Gasteiger charge is 2.10. The Morgan fingerprint density at radius 1 is 0.824 bits per heavy atom. The summed E-state index contributed by atoms with van der Waals surface area (Å²) >= 11 is 2.03. The maximum Gasteiger partial charge on any atom is 0.119 e. The summed E-state index contributed by atoms with van der Waals surface area (Å²) in [4.78, 5) is 2.56. The number of ether oxygens (including phenoxy) is 2. The van der Waals surface area contributed by atoms with E-state index in [1.54, 1.807) is 7.11 Å². The number of benzene rings is 2. The maximum absolute atomic E-state index is 5.99. The van der Waals surface area contributed by atoms with Gasteiger partial charge in [0.1, 0.15) is 11.5 Å². The van der Waals surface area contributed by atoms with E-state index in [0.717, 1.165) is 49.9 Å². The molecule has 0 aromatic heterocycles. The van der Waals surface area contributed by atoms with Crippen molar-refractivity contribution in [2.45, 2.75) is 63.7 Å². The minimum Gasteiger partial charge on any atom is -0.497 e. The van der Waals surface area contributed by atoms with E-state index in [1.165, 1.54) is 74.9 Å². The van der Waals surface area contributed by atoms with E-state index < -0.39 is 0 Å². The topological polar surface area (TPSA) is 33.7 Å². The van der Waals surface area contributed by atoms with Gasteiger partial charge in [-0.3, -0.25) is 4.90 Å². The van der Waals surface area contributed by atoms with Crippen LogP contribution in [-0.2, 0) is 12.3 Å². The van der Waals surface area contributed by atoms with Crippen LogP contribution in [0, 0.1) is 0 Å². The smallest absolute Gasteiger partial charge is 0.119 e. The monoisotopic (exact) mass is 484 g/mol. The van der Waals surface area contributed by atoms with Crippen LogP contribution in [0.3, 0.4) is 0 Å². The molecule has 188 valence electrons. The lowest BCUT2D eigenvalue weighted by Gasteiger charge is -2.26. The van der Waals surface area contributed by atoms with Gasteiger partial charge < -0.3 is 14.8 Å².